The predicted octanol–water partition coefficient (Wildman–Crippen LogP) is 5.33. The van der Waals surface area contributed by atoms with Crippen molar-refractivity contribution in [2.75, 3.05) is 19.5 Å². The van der Waals surface area contributed by atoms with Gasteiger partial charge in [0.15, 0.2) is 5.82 Å². The molecule has 0 unspecified atom stereocenters. The fourth-order valence-electron chi connectivity index (χ4n) is 5.73. The van der Waals surface area contributed by atoms with E-state index in [4.69, 9.17) is 14.2 Å². The van der Waals surface area contributed by atoms with Crippen molar-refractivity contribution < 1.29 is 40.3 Å². The minimum Gasteiger partial charge on any atom is -0.490 e. The topological polar surface area (TPSA) is 183 Å². The molecule has 14 nitrogen and oxygen atoms in total. The first kappa shape index (κ1) is 33.3. The summed E-state index contributed by atoms with van der Waals surface area (Å²) in [6.07, 6.45) is 2.81. The van der Waals surface area contributed by atoms with E-state index < -0.39 is 33.6 Å². The zero-order valence-corrected chi connectivity index (χ0v) is 27.4. The van der Waals surface area contributed by atoms with Gasteiger partial charge in [0.05, 0.1) is 42.5 Å². The lowest BCUT2D eigenvalue weighted by Crippen LogP contribution is -2.30. The summed E-state index contributed by atoms with van der Waals surface area (Å²) in [6.45, 7) is 0. The summed E-state index contributed by atoms with van der Waals surface area (Å²) in [6, 6.07) is 7.03. The Bertz CT molecular complexity index is 2250. The predicted molar refractivity (Wildman–Crippen MR) is 173 cm³/mol. The molecule has 2 aliphatic rings. The Morgan fingerprint density at radius 2 is 1.76 bits per heavy atom. The van der Waals surface area contributed by atoms with Crippen LogP contribution in [0.3, 0.4) is 0 Å². The molecule has 3 N–H and O–H groups in total. The third-order valence-corrected chi connectivity index (χ3v) is 9.88. The maximum Gasteiger partial charge on any atom is 0.439 e. The molecule has 0 aliphatic heterocycles. The van der Waals surface area contributed by atoms with E-state index in [2.05, 4.69) is 39.7 Å². The van der Waals surface area contributed by atoms with Crippen LogP contribution in [0.1, 0.15) is 38.5 Å². The minimum absolute atomic E-state index is 0.0213. The molecule has 0 amide bonds. The summed E-state index contributed by atoms with van der Waals surface area (Å²) in [4.78, 5) is 26.5. The Kier molecular flexibility index (Phi) is 8.59. The van der Waals surface area contributed by atoms with Crippen molar-refractivity contribution >= 4 is 32.3 Å². The molecule has 5 aromatic rings. The molecular formula is C32H30F3N7O7S. The molecule has 3 aromatic heterocycles. The number of fused-ring (bicyclic) bond motifs is 1. The van der Waals surface area contributed by atoms with Crippen LogP contribution in [0.15, 0.2) is 56.9 Å². The molecule has 3 heterocycles. The van der Waals surface area contributed by atoms with E-state index in [0.29, 0.717) is 24.0 Å². The molecular weight excluding hydrogens is 683 g/mol. The zero-order chi connectivity index (χ0) is 35.2. The van der Waals surface area contributed by atoms with Crippen molar-refractivity contribution in [1.82, 2.24) is 29.8 Å². The number of aromatic amines is 1. The standard InChI is InChI=1S/C32H30F3N7O7S/c1-46-29-22(14-37-30(40-29)47-2)16-11-23(33)26-24(12-16)36-15-25(50(44,45)42-18-3-4-18)27(26)38-19-9-17(28-39-31(43)49-41-28)10-21(13-19)48-20-5-7-32(34,35)8-6-20/h9-15,18,20,42H,3-8H2,1-2H3,(H,36,38)(H,39,41,43). The molecule has 262 valence electrons. The lowest BCUT2D eigenvalue weighted by atomic mass is 9.94. The molecule has 18 heteroatoms. The summed E-state index contributed by atoms with van der Waals surface area (Å²) in [5, 5.41) is 6.63. The SMILES string of the molecule is COc1ncc(-c2cc(F)c3c(Nc4cc(OC5CCC(F)(F)CC5)cc(-c5noc(=O)[nH]5)c4)c(S(=O)(=O)NC4CC4)cnc3c2)c(OC)n1. The van der Waals surface area contributed by atoms with Gasteiger partial charge in [0, 0.05) is 48.6 Å². The van der Waals surface area contributed by atoms with Crippen LogP contribution < -0.4 is 30.0 Å². The van der Waals surface area contributed by atoms with Gasteiger partial charge in [-0.3, -0.25) is 14.5 Å². The van der Waals surface area contributed by atoms with Crippen LogP contribution in [0, 0.1) is 5.82 Å². The van der Waals surface area contributed by atoms with E-state index >= 15 is 4.39 Å². The number of nitrogens with one attached hydrogen (secondary N) is 3. The summed E-state index contributed by atoms with van der Waals surface area (Å²) in [5.74, 6) is -4.09. The molecule has 2 saturated carbocycles. The average molecular weight is 714 g/mol. The van der Waals surface area contributed by atoms with E-state index in [-0.39, 0.29) is 87.9 Å². The quantitative estimate of drug-likeness (QED) is 0.160. The third kappa shape index (κ3) is 6.93. The second-order valence-electron chi connectivity index (χ2n) is 12.0. The lowest BCUT2D eigenvalue weighted by Gasteiger charge is -2.29. The van der Waals surface area contributed by atoms with E-state index in [9.17, 15) is 22.0 Å². The molecule has 2 aliphatic carbocycles. The van der Waals surface area contributed by atoms with Crippen molar-refractivity contribution in [3.8, 4) is 40.2 Å². The van der Waals surface area contributed by atoms with Crippen molar-refractivity contribution in [1.29, 1.82) is 0 Å². The Morgan fingerprint density at radius 1 is 0.980 bits per heavy atom. The number of H-pyrrole nitrogens is 1. The highest BCUT2D eigenvalue weighted by Gasteiger charge is 2.36. The van der Waals surface area contributed by atoms with Gasteiger partial charge in [0.2, 0.25) is 21.8 Å². The highest BCUT2D eigenvalue weighted by Crippen LogP contribution is 2.41. The highest BCUT2D eigenvalue weighted by molar-refractivity contribution is 7.89. The van der Waals surface area contributed by atoms with Crippen LogP contribution in [0.4, 0.5) is 24.5 Å². The third-order valence-electron chi connectivity index (χ3n) is 8.35. The second-order valence-corrected chi connectivity index (χ2v) is 13.7. The number of benzene rings is 2. The smallest absolute Gasteiger partial charge is 0.439 e. The van der Waals surface area contributed by atoms with Crippen LogP contribution >= 0.6 is 0 Å². The summed E-state index contributed by atoms with van der Waals surface area (Å²) < 4.78 is 95.2. The van der Waals surface area contributed by atoms with Crippen molar-refractivity contribution in [3.05, 3.63) is 59.1 Å². The number of hydrogen-bond donors (Lipinski definition) is 3. The first-order chi connectivity index (χ1) is 23.9. The second kappa shape index (κ2) is 12.9. The number of pyridine rings is 1. The number of ether oxygens (including phenoxy) is 3. The number of rotatable bonds is 11. The van der Waals surface area contributed by atoms with Gasteiger partial charge in [0.25, 0.3) is 0 Å². The number of sulfonamides is 1. The van der Waals surface area contributed by atoms with E-state index in [0.717, 1.165) is 6.20 Å². The molecule has 0 spiro atoms. The van der Waals surface area contributed by atoms with E-state index in [1.165, 1.54) is 50.7 Å². The number of halogens is 3. The first-order valence-electron chi connectivity index (χ1n) is 15.5. The molecule has 7 rings (SSSR count). The summed E-state index contributed by atoms with van der Waals surface area (Å²) in [7, 11) is -1.44. The lowest BCUT2D eigenvalue weighted by molar-refractivity contribution is -0.0582. The van der Waals surface area contributed by atoms with Crippen LogP contribution in [-0.2, 0) is 10.0 Å². The van der Waals surface area contributed by atoms with Gasteiger partial charge in [-0.1, -0.05) is 5.16 Å². The molecule has 50 heavy (non-hydrogen) atoms. The van der Waals surface area contributed by atoms with Crippen molar-refractivity contribution in [2.24, 2.45) is 0 Å². The fourth-order valence-corrected chi connectivity index (χ4v) is 7.14. The zero-order valence-electron chi connectivity index (χ0n) is 26.6. The highest BCUT2D eigenvalue weighted by atomic mass is 32.2. The molecule has 0 saturated heterocycles. The molecule has 2 aromatic carbocycles. The van der Waals surface area contributed by atoms with Crippen LogP contribution in [-0.4, -0.2) is 65.8 Å². The van der Waals surface area contributed by atoms with Crippen LogP contribution in [0.2, 0.25) is 0 Å². The van der Waals surface area contributed by atoms with Gasteiger partial charge in [-0.05, 0) is 55.5 Å². The fraction of sp³-hybridized carbons (Fsp3) is 0.344. The van der Waals surface area contributed by atoms with Gasteiger partial charge in [-0.25, -0.2) is 36.1 Å². The monoisotopic (exact) mass is 713 g/mol. The molecule has 0 atom stereocenters. The maximum absolute atomic E-state index is 16.4. The Morgan fingerprint density at radius 3 is 2.44 bits per heavy atom. The van der Waals surface area contributed by atoms with Crippen molar-refractivity contribution in [2.45, 2.75) is 61.5 Å². The largest absolute Gasteiger partial charge is 0.490 e. The Labute approximate surface area is 282 Å². The van der Waals surface area contributed by atoms with Gasteiger partial charge in [0.1, 0.15) is 16.5 Å². The summed E-state index contributed by atoms with van der Waals surface area (Å²) >= 11 is 0. The number of alkyl halides is 2. The Balaban J connectivity index is 1.35. The van der Waals surface area contributed by atoms with Crippen LogP contribution in [0.25, 0.3) is 33.4 Å². The number of hydrogen-bond acceptors (Lipinski definition) is 12. The van der Waals surface area contributed by atoms with E-state index in [1.54, 1.807) is 0 Å². The van der Waals surface area contributed by atoms with Gasteiger partial charge in [-0.15, -0.1) is 0 Å². The van der Waals surface area contributed by atoms with Crippen molar-refractivity contribution in [3.63, 3.8) is 0 Å². The van der Waals surface area contributed by atoms with Gasteiger partial charge in [-0.2, -0.15) is 4.98 Å². The Hall–Kier alpha value is -5.23. The molecule has 2 fully saturated rings. The summed E-state index contributed by atoms with van der Waals surface area (Å²) in [5.41, 5.74) is 1.05. The normalized spacial score (nSPS) is 16.3. The van der Waals surface area contributed by atoms with Crippen LogP contribution in [0.5, 0.6) is 17.6 Å². The molecule has 0 radical (unpaired) electrons. The number of aromatic nitrogens is 5. The number of nitrogens with zero attached hydrogens (tertiary/aromatic N) is 4. The molecule has 0 bridgehead atoms. The minimum atomic E-state index is -4.21. The number of methoxy groups -OCH3 is 2. The number of anilines is 2. The van der Waals surface area contributed by atoms with Gasteiger partial charge < -0.3 is 19.5 Å². The average Bonchev–Trinajstić information content (AvgIpc) is 3.78. The maximum atomic E-state index is 16.4. The van der Waals surface area contributed by atoms with Gasteiger partial charge >= 0.3 is 11.8 Å². The first-order valence-corrected chi connectivity index (χ1v) is 17.0. The van der Waals surface area contributed by atoms with E-state index in [1.807, 2.05) is 0 Å².